The topological polar surface area (TPSA) is 46.5 Å². The van der Waals surface area contributed by atoms with Crippen LogP contribution in [0.5, 0.6) is 0 Å². The second kappa shape index (κ2) is 3.74. The van der Waals surface area contributed by atoms with Crippen molar-refractivity contribution in [2.45, 2.75) is 6.92 Å². The lowest BCUT2D eigenvalue weighted by Crippen LogP contribution is -2.01. The monoisotopic (exact) mass is 235 g/mol. The van der Waals surface area contributed by atoms with Crippen LogP contribution in [-0.2, 0) is 7.05 Å². The summed E-state index contributed by atoms with van der Waals surface area (Å²) in [7, 11) is 1.90. The SMILES string of the molecule is Cc1[c]c(-n2ccc3cc(C#N)ccc32)n(C)n1. The molecule has 2 aromatic heterocycles. The summed E-state index contributed by atoms with van der Waals surface area (Å²) in [6.45, 7) is 1.92. The van der Waals surface area contributed by atoms with Gasteiger partial charge in [0.15, 0.2) is 0 Å². The molecule has 0 aliphatic rings. The number of nitrogens with zero attached hydrogens (tertiary/aromatic N) is 4. The molecule has 0 saturated heterocycles. The van der Waals surface area contributed by atoms with Crippen LogP contribution in [0, 0.1) is 24.3 Å². The first-order chi connectivity index (χ1) is 8.69. The van der Waals surface area contributed by atoms with Gasteiger partial charge in [-0.05, 0) is 31.2 Å². The number of aromatic nitrogens is 3. The summed E-state index contributed by atoms with van der Waals surface area (Å²) in [5, 5.41) is 14.2. The Bertz CT molecular complexity index is 771. The molecule has 0 bridgehead atoms. The Morgan fingerprint density at radius 2 is 2.17 bits per heavy atom. The van der Waals surface area contributed by atoms with Gasteiger partial charge < -0.3 is 4.57 Å². The Labute approximate surface area is 105 Å². The van der Waals surface area contributed by atoms with E-state index in [-0.39, 0.29) is 0 Å². The van der Waals surface area contributed by atoms with E-state index in [1.54, 1.807) is 4.68 Å². The van der Waals surface area contributed by atoms with Crippen molar-refractivity contribution in [1.29, 1.82) is 5.26 Å². The Kier molecular flexibility index (Phi) is 2.20. The van der Waals surface area contributed by atoms with Crippen LogP contribution < -0.4 is 0 Å². The molecule has 1 radical (unpaired) electrons. The summed E-state index contributed by atoms with van der Waals surface area (Å²) >= 11 is 0. The van der Waals surface area contributed by atoms with Crippen molar-refractivity contribution in [2.24, 2.45) is 7.05 Å². The maximum Gasteiger partial charge on any atom is 0.143 e. The highest BCUT2D eigenvalue weighted by Gasteiger charge is 2.08. The lowest BCUT2D eigenvalue weighted by molar-refractivity contribution is 0.728. The number of nitriles is 1. The molecular formula is C14H11N4. The fraction of sp³-hybridized carbons (Fsp3) is 0.143. The van der Waals surface area contributed by atoms with Gasteiger partial charge in [-0.15, -0.1) is 0 Å². The molecule has 87 valence electrons. The summed E-state index contributed by atoms with van der Waals surface area (Å²) in [5.41, 5.74) is 2.58. The molecule has 2 heterocycles. The van der Waals surface area contributed by atoms with Gasteiger partial charge in [0.05, 0.1) is 28.9 Å². The number of hydrogen-bond donors (Lipinski definition) is 0. The van der Waals surface area contributed by atoms with E-state index in [4.69, 9.17) is 5.26 Å². The maximum absolute atomic E-state index is 8.89. The molecule has 0 atom stereocenters. The lowest BCUT2D eigenvalue weighted by atomic mass is 10.2. The van der Waals surface area contributed by atoms with Crippen LogP contribution in [0.1, 0.15) is 11.3 Å². The zero-order valence-corrected chi connectivity index (χ0v) is 10.2. The Hall–Kier alpha value is -2.54. The molecule has 0 fully saturated rings. The van der Waals surface area contributed by atoms with E-state index in [0.717, 1.165) is 22.4 Å². The molecule has 0 aliphatic carbocycles. The van der Waals surface area contributed by atoms with Gasteiger partial charge in [-0.25, -0.2) is 0 Å². The van der Waals surface area contributed by atoms with Crippen molar-refractivity contribution in [3.05, 3.63) is 47.8 Å². The quantitative estimate of drug-likeness (QED) is 0.650. The smallest absolute Gasteiger partial charge is 0.143 e. The van der Waals surface area contributed by atoms with Crippen molar-refractivity contribution in [3.8, 4) is 11.9 Å². The van der Waals surface area contributed by atoms with Gasteiger partial charge in [-0.1, -0.05) is 0 Å². The van der Waals surface area contributed by atoms with Gasteiger partial charge in [-0.2, -0.15) is 10.4 Å². The van der Waals surface area contributed by atoms with Gasteiger partial charge in [0, 0.05) is 18.6 Å². The van der Waals surface area contributed by atoms with Crippen LogP contribution in [0.4, 0.5) is 0 Å². The average Bonchev–Trinajstić information content (AvgIpc) is 2.91. The van der Waals surface area contributed by atoms with E-state index in [1.165, 1.54) is 0 Å². The minimum Gasteiger partial charge on any atom is -0.301 e. The predicted octanol–water partition coefficient (Wildman–Crippen LogP) is 2.34. The van der Waals surface area contributed by atoms with Gasteiger partial charge in [-0.3, -0.25) is 4.68 Å². The van der Waals surface area contributed by atoms with Crippen molar-refractivity contribution < 1.29 is 0 Å². The normalized spacial score (nSPS) is 10.7. The second-order valence-electron chi connectivity index (χ2n) is 4.23. The molecule has 4 nitrogen and oxygen atoms in total. The molecule has 0 N–H and O–H groups in total. The molecule has 0 amide bonds. The molecule has 0 unspecified atom stereocenters. The molecule has 0 aliphatic heterocycles. The Morgan fingerprint density at radius 3 is 2.83 bits per heavy atom. The van der Waals surface area contributed by atoms with E-state index in [1.807, 2.05) is 49.0 Å². The molecule has 0 saturated carbocycles. The first-order valence-electron chi connectivity index (χ1n) is 5.63. The summed E-state index contributed by atoms with van der Waals surface area (Å²) in [5.74, 6) is 0.896. The van der Waals surface area contributed by atoms with Crippen LogP contribution in [-0.4, -0.2) is 14.3 Å². The highest BCUT2D eigenvalue weighted by molar-refractivity contribution is 5.83. The minimum atomic E-state index is 0.672. The fourth-order valence-electron chi connectivity index (χ4n) is 2.15. The van der Waals surface area contributed by atoms with Crippen molar-refractivity contribution in [1.82, 2.24) is 14.3 Å². The largest absolute Gasteiger partial charge is 0.301 e. The number of aryl methyl sites for hydroxylation is 2. The Balaban J connectivity index is 2.25. The zero-order valence-electron chi connectivity index (χ0n) is 10.2. The third kappa shape index (κ3) is 1.49. The van der Waals surface area contributed by atoms with E-state index in [9.17, 15) is 0 Å². The number of fused-ring (bicyclic) bond motifs is 1. The van der Waals surface area contributed by atoms with E-state index < -0.39 is 0 Å². The standard InChI is InChI=1S/C14H11N4/c1-10-7-14(17(2)16-10)18-6-5-12-8-11(9-15)3-4-13(12)18/h3-6,8H,1-2H3. The van der Waals surface area contributed by atoms with Crippen LogP contribution in [0.3, 0.4) is 0 Å². The molecule has 3 aromatic rings. The number of rotatable bonds is 1. The van der Waals surface area contributed by atoms with Crippen LogP contribution in [0.15, 0.2) is 30.5 Å². The van der Waals surface area contributed by atoms with Crippen molar-refractivity contribution in [3.63, 3.8) is 0 Å². The molecular weight excluding hydrogens is 224 g/mol. The number of benzene rings is 1. The van der Waals surface area contributed by atoms with Gasteiger partial charge in [0.25, 0.3) is 0 Å². The third-order valence-corrected chi connectivity index (χ3v) is 2.95. The van der Waals surface area contributed by atoms with Gasteiger partial charge in [0.2, 0.25) is 0 Å². The Morgan fingerprint density at radius 1 is 1.33 bits per heavy atom. The molecule has 4 heteroatoms. The summed E-state index contributed by atoms with van der Waals surface area (Å²) in [6.07, 6.45) is 1.97. The van der Waals surface area contributed by atoms with Crippen LogP contribution >= 0.6 is 0 Å². The maximum atomic E-state index is 8.89. The first kappa shape index (κ1) is 10.6. The summed E-state index contributed by atoms with van der Waals surface area (Å²) in [4.78, 5) is 0. The van der Waals surface area contributed by atoms with Gasteiger partial charge in [0.1, 0.15) is 5.82 Å². The van der Waals surface area contributed by atoms with E-state index in [2.05, 4.69) is 17.2 Å². The van der Waals surface area contributed by atoms with E-state index >= 15 is 0 Å². The van der Waals surface area contributed by atoms with Gasteiger partial charge >= 0.3 is 0 Å². The fourth-order valence-corrected chi connectivity index (χ4v) is 2.15. The minimum absolute atomic E-state index is 0.672. The van der Waals surface area contributed by atoms with Crippen LogP contribution in [0.2, 0.25) is 0 Å². The van der Waals surface area contributed by atoms with Crippen molar-refractivity contribution >= 4 is 10.9 Å². The number of hydrogen-bond acceptors (Lipinski definition) is 2. The predicted molar refractivity (Wildman–Crippen MR) is 68.3 cm³/mol. The molecule has 0 spiro atoms. The molecule has 18 heavy (non-hydrogen) atoms. The second-order valence-corrected chi connectivity index (χ2v) is 4.23. The third-order valence-electron chi connectivity index (χ3n) is 2.95. The zero-order chi connectivity index (χ0) is 12.7. The highest BCUT2D eigenvalue weighted by Crippen LogP contribution is 2.21. The first-order valence-corrected chi connectivity index (χ1v) is 5.63. The highest BCUT2D eigenvalue weighted by atomic mass is 15.3. The average molecular weight is 235 g/mol. The van der Waals surface area contributed by atoms with Crippen LogP contribution in [0.25, 0.3) is 16.7 Å². The lowest BCUT2D eigenvalue weighted by Gasteiger charge is -2.04. The van der Waals surface area contributed by atoms with E-state index in [0.29, 0.717) is 5.56 Å². The van der Waals surface area contributed by atoms with Crippen molar-refractivity contribution in [2.75, 3.05) is 0 Å². The summed E-state index contributed by atoms with van der Waals surface area (Å²) < 4.78 is 3.82. The summed E-state index contributed by atoms with van der Waals surface area (Å²) in [6, 6.07) is 13.0. The molecule has 3 rings (SSSR count). The molecule has 1 aromatic carbocycles.